The summed E-state index contributed by atoms with van der Waals surface area (Å²) < 4.78 is 30.9. The van der Waals surface area contributed by atoms with Crippen LogP contribution in [0.3, 0.4) is 0 Å². The lowest BCUT2D eigenvalue weighted by atomic mass is 9.98. The van der Waals surface area contributed by atoms with E-state index < -0.39 is 27.2 Å². The summed E-state index contributed by atoms with van der Waals surface area (Å²) >= 11 is 0. The smallest absolute Gasteiger partial charge is 0.342 e. The molecule has 0 amide bonds. The first-order chi connectivity index (χ1) is 11.8. The van der Waals surface area contributed by atoms with E-state index in [-0.39, 0.29) is 30.2 Å². The molecule has 2 aromatic rings. The topological polar surface area (TPSA) is 98.2 Å². The molecular weight excluding hydrogens is 344 g/mol. The van der Waals surface area contributed by atoms with E-state index in [9.17, 15) is 18.0 Å². The van der Waals surface area contributed by atoms with Crippen molar-refractivity contribution in [3.8, 4) is 0 Å². The van der Waals surface area contributed by atoms with Crippen molar-refractivity contribution in [2.24, 2.45) is 0 Å². The molecule has 2 rings (SSSR count). The summed E-state index contributed by atoms with van der Waals surface area (Å²) in [7, 11) is -4.06. The Morgan fingerprint density at radius 1 is 1.16 bits per heavy atom. The van der Waals surface area contributed by atoms with Crippen molar-refractivity contribution in [3.05, 3.63) is 68.0 Å². The van der Waals surface area contributed by atoms with Gasteiger partial charge in [-0.05, 0) is 18.4 Å². The molecule has 136 valence electrons. The molecule has 1 aromatic heterocycles. The predicted octanol–water partition coefficient (Wildman–Crippen LogP) is 1.42. The van der Waals surface area contributed by atoms with Gasteiger partial charge in [-0.3, -0.25) is 9.78 Å². The molecule has 1 heterocycles. The summed E-state index contributed by atoms with van der Waals surface area (Å²) in [5, 5.41) is 0. The first-order valence-electron chi connectivity index (χ1n) is 8.01. The minimum absolute atomic E-state index is 0.152. The molecule has 0 aliphatic heterocycles. The van der Waals surface area contributed by atoms with E-state index in [0.717, 1.165) is 5.56 Å². The van der Waals surface area contributed by atoms with Crippen molar-refractivity contribution in [1.82, 2.24) is 8.96 Å². The maximum atomic E-state index is 12.6. The summed E-state index contributed by atoms with van der Waals surface area (Å²) in [5.41, 5.74) is -0.276. The standard InChI is InChI=1S/C17H22N2O5S/c1-4-24-11-25(22,23)19-14(10-13-8-6-5-7-9-13)15(12(2)3)16(20)18-17(19)21/h5-9,12H,4,10-11H2,1-3H3,(H,18,20,21). The van der Waals surface area contributed by atoms with Crippen molar-refractivity contribution in [2.75, 3.05) is 12.5 Å². The van der Waals surface area contributed by atoms with Crippen LogP contribution in [0.5, 0.6) is 0 Å². The predicted molar refractivity (Wildman–Crippen MR) is 95.5 cm³/mol. The third kappa shape index (κ3) is 4.26. The zero-order valence-corrected chi connectivity index (χ0v) is 15.3. The van der Waals surface area contributed by atoms with Gasteiger partial charge in [-0.25, -0.2) is 13.2 Å². The molecule has 0 bridgehead atoms. The van der Waals surface area contributed by atoms with E-state index in [4.69, 9.17) is 4.74 Å². The summed E-state index contributed by atoms with van der Waals surface area (Å²) in [6.45, 7) is 5.42. The van der Waals surface area contributed by atoms with E-state index in [1.165, 1.54) is 0 Å². The number of nitrogens with zero attached hydrogens (tertiary/aromatic N) is 1. The summed E-state index contributed by atoms with van der Waals surface area (Å²) in [4.78, 5) is 26.7. The lowest BCUT2D eigenvalue weighted by Crippen LogP contribution is -2.40. The second-order valence-corrected chi connectivity index (χ2v) is 7.69. The lowest BCUT2D eigenvalue weighted by molar-refractivity contribution is 0.191. The highest BCUT2D eigenvalue weighted by atomic mass is 32.2. The van der Waals surface area contributed by atoms with Gasteiger partial charge in [-0.2, -0.15) is 3.97 Å². The third-order valence-electron chi connectivity index (χ3n) is 3.71. The van der Waals surface area contributed by atoms with Gasteiger partial charge >= 0.3 is 5.69 Å². The number of hydrogen-bond acceptors (Lipinski definition) is 5. The van der Waals surface area contributed by atoms with Gasteiger partial charge in [-0.1, -0.05) is 44.2 Å². The Bertz CT molecular complexity index is 943. The fraction of sp³-hybridized carbons (Fsp3) is 0.412. The summed E-state index contributed by atoms with van der Waals surface area (Å²) in [6, 6.07) is 9.09. The Morgan fingerprint density at radius 2 is 1.80 bits per heavy atom. The van der Waals surface area contributed by atoms with Crippen molar-refractivity contribution in [2.45, 2.75) is 33.1 Å². The maximum Gasteiger partial charge on any atom is 0.342 e. The van der Waals surface area contributed by atoms with E-state index in [0.29, 0.717) is 3.97 Å². The monoisotopic (exact) mass is 366 g/mol. The SMILES string of the molecule is CCOCS(=O)(=O)n1c(Cc2ccccc2)c(C(C)C)c(=O)[nH]c1=O. The number of benzene rings is 1. The average molecular weight is 366 g/mol. The van der Waals surface area contributed by atoms with Crippen LogP contribution in [0.4, 0.5) is 0 Å². The molecule has 1 N–H and O–H groups in total. The largest absolute Gasteiger partial charge is 0.364 e. The van der Waals surface area contributed by atoms with Crippen molar-refractivity contribution in [3.63, 3.8) is 0 Å². The van der Waals surface area contributed by atoms with Crippen molar-refractivity contribution >= 4 is 10.0 Å². The number of aromatic amines is 1. The number of nitrogens with one attached hydrogen (secondary N) is 1. The molecule has 25 heavy (non-hydrogen) atoms. The minimum atomic E-state index is -4.06. The molecule has 7 nitrogen and oxygen atoms in total. The molecule has 0 unspecified atom stereocenters. The van der Waals surface area contributed by atoms with Gasteiger partial charge in [0.1, 0.15) is 0 Å². The second kappa shape index (κ2) is 7.79. The van der Waals surface area contributed by atoms with E-state index in [1.54, 1.807) is 20.8 Å². The Kier molecular flexibility index (Phi) is 5.97. The number of H-pyrrole nitrogens is 1. The van der Waals surface area contributed by atoms with E-state index >= 15 is 0 Å². The minimum Gasteiger partial charge on any atom is -0.364 e. The molecule has 0 saturated carbocycles. The van der Waals surface area contributed by atoms with Crippen LogP contribution in [0.15, 0.2) is 39.9 Å². The van der Waals surface area contributed by atoms with Crippen LogP contribution in [-0.2, 0) is 21.2 Å². The van der Waals surface area contributed by atoms with Crippen LogP contribution in [0, 0.1) is 0 Å². The van der Waals surface area contributed by atoms with Crippen LogP contribution in [0.1, 0.15) is 43.5 Å². The van der Waals surface area contributed by atoms with Crippen LogP contribution in [-0.4, -0.2) is 29.9 Å². The van der Waals surface area contributed by atoms with Crippen LogP contribution < -0.4 is 11.2 Å². The highest BCUT2D eigenvalue weighted by molar-refractivity contribution is 7.89. The molecule has 0 fully saturated rings. The fourth-order valence-electron chi connectivity index (χ4n) is 2.67. The Balaban J connectivity index is 2.75. The van der Waals surface area contributed by atoms with E-state index in [2.05, 4.69) is 4.98 Å². The Hall–Kier alpha value is -2.19. The molecule has 0 saturated heterocycles. The highest BCUT2D eigenvalue weighted by Crippen LogP contribution is 2.19. The van der Waals surface area contributed by atoms with Crippen molar-refractivity contribution < 1.29 is 13.2 Å². The number of hydrogen-bond donors (Lipinski definition) is 1. The third-order valence-corrected chi connectivity index (χ3v) is 5.12. The highest BCUT2D eigenvalue weighted by Gasteiger charge is 2.25. The molecule has 0 aliphatic rings. The normalized spacial score (nSPS) is 11.8. The molecule has 1 aromatic carbocycles. The number of rotatable bonds is 7. The quantitative estimate of drug-likeness (QED) is 0.799. The van der Waals surface area contributed by atoms with Gasteiger partial charge in [-0.15, -0.1) is 0 Å². The molecule has 0 radical (unpaired) electrons. The second-order valence-electron chi connectivity index (χ2n) is 5.92. The van der Waals surface area contributed by atoms with Gasteiger partial charge in [0, 0.05) is 18.6 Å². The molecule has 0 spiro atoms. The first-order valence-corrected chi connectivity index (χ1v) is 9.61. The van der Waals surface area contributed by atoms with Gasteiger partial charge in [0.2, 0.25) is 0 Å². The fourth-order valence-corrected chi connectivity index (χ4v) is 3.95. The molecular formula is C17H22N2O5S. The first kappa shape index (κ1) is 19.1. The van der Waals surface area contributed by atoms with E-state index in [1.807, 2.05) is 30.3 Å². The molecule has 0 atom stereocenters. The van der Waals surface area contributed by atoms with Gasteiger partial charge in [0.05, 0.1) is 5.69 Å². The van der Waals surface area contributed by atoms with Crippen LogP contribution >= 0.6 is 0 Å². The summed E-state index contributed by atoms with van der Waals surface area (Å²) in [6.07, 6.45) is 0.152. The Morgan fingerprint density at radius 3 is 2.36 bits per heavy atom. The molecule has 0 aliphatic carbocycles. The zero-order valence-electron chi connectivity index (χ0n) is 14.5. The van der Waals surface area contributed by atoms with Crippen molar-refractivity contribution in [1.29, 1.82) is 0 Å². The van der Waals surface area contributed by atoms with Crippen LogP contribution in [0.2, 0.25) is 0 Å². The van der Waals surface area contributed by atoms with Gasteiger partial charge < -0.3 is 4.74 Å². The van der Waals surface area contributed by atoms with Crippen LogP contribution in [0.25, 0.3) is 0 Å². The molecule has 8 heteroatoms. The maximum absolute atomic E-state index is 12.6. The lowest BCUT2D eigenvalue weighted by Gasteiger charge is -2.18. The Labute approximate surface area is 146 Å². The average Bonchev–Trinajstić information content (AvgIpc) is 2.53. The van der Waals surface area contributed by atoms with Gasteiger partial charge in [0.25, 0.3) is 15.6 Å². The zero-order chi connectivity index (χ0) is 18.6. The van der Waals surface area contributed by atoms with Gasteiger partial charge in [0.15, 0.2) is 5.94 Å². The number of aromatic nitrogens is 2. The summed E-state index contributed by atoms with van der Waals surface area (Å²) in [5.74, 6) is -0.883. The number of ether oxygens (including phenoxy) is 1.